The van der Waals surface area contributed by atoms with Gasteiger partial charge in [0, 0.05) is 4.90 Å². The van der Waals surface area contributed by atoms with Crippen molar-refractivity contribution in [1.82, 2.24) is 0 Å². The Hall–Kier alpha value is -2.54. The Morgan fingerprint density at radius 1 is 1.07 bits per heavy atom. The molecule has 28 heavy (non-hydrogen) atoms. The number of ether oxygens (including phenoxy) is 1. The average molecular weight is 404 g/mol. The third kappa shape index (κ3) is 4.84. The largest absolute Gasteiger partial charge is 0.462 e. The number of esters is 1. The monoisotopic (exact) mass is 403 g/mol. The number of carbonyl (C=O) groups is 3. The van der Waals surface area contributed by atoms with Gasteiger partial charge in [-0.1, -0.05) is 17.7 Å². The van der Waals surface area contributed by atoms with E-state index < -0.39 is 5.97 Å². The van der Waals surface area contributed by atoms with Gasteiger partial charge in [-0.25, -0.2) is 4.79 Å². The molecule has 1 N–H and O–H groups in total. The van der Waals surface area contributed by atoms with Crippen molar-refractivity contribution in [2.24, 2.45) is 0 Å². The van der Waals surface area contributed by atoms with Crippen LogP contribution in [0.25, 0.3) is 0 Å². The Balaban J connectivity index is 2.21. The molecular formula is C21H25NO5S. The number of thioether (sulfide) groups is 1. The van der Waals surface area contributed by atoms with E-state index in [0.29, 0.717) is 0 Å². The van der Waals surface area contributed by atoms with Gasteiger partial charge in [-0.15, -0.1) is 11.8 Å². The lowest BCUT2D eigenvalue weighted by Crippen LogP contribution is -2.17. The Morgan fingerprint density at radius 2 is 1.68 bits per heavy atom. The molecule has 6 nitrogen and oxygen atoms in total. The molecule has 0 bridgehead atoms. The number of hydrogen-bond donors (Lipinski definition) is 1. The minimum atomic E-state index is -0.697. The van der Waals surface area contributed by atoms with Crippen molar-refractivity contribution >= 4 is 35.3 Å². The summed E-state index contributed by atoms with van der Waals surface area (Å²) in [5.74, 6) is -1.00. The number of benzene rings is 1. The van der Waals surface area contributed by atoms with E-state index in [4.69, 9.17) is 9.15 Å². The maximum absolute atomic E-state index is 12.5. The summed E-state index contributed by atoms with van der Waals surface area (Å²) in [6.07, 6.45) is 0. The molecule has 0 aliphatic carbocycles. The lowest BCUT2D eigenvalue weighted by atomic mass is 10.1. The van der Waals surface area contributed by atoms with Crippen LogP contribution in [0.1, 0.15) is 57.0 Å². The lowest BCUT2D eigenvalue weighted by molar-refractivity contribution is -0.113. The molecular weight excluding hydrogens is 378 g/mol. The van der Waals surface area contributed by atoms with Crippen LogP contribution in [0.3, 0.4) is 0 Å². The van der Waals surface area contributed by atoms with Crippen molar-refractivity contribution < 1.29 is 23.5 Å². The number of amides is 1. The lowest BCUT2D eigenvalue weighted by Gasteiger charge is -2.11. The van der Waals surface area contributed by atoms with E-state index in [1.807, 2.05) is 20.8 Å². The number of nitrogens with one attached hydrogen (secondary N) is 1. The van der Waals surface area contributed by atoms with Crippen LogP contribution in [0.5, 0.6) is 0 Å². The number of anilines is 1. The van der Waals surface area contributed by atoms with E-state index in [-0.39, 0.29) is 46.8 Å². The normalized spacial score (nSPS) is 10.6. The molecule has 1 heterocycles. The molecule has 0 radical (unpaired) electrons. The number of furan rings is 1. The second-order valence-electron chi connectivity index (χ2n) is 6.58. The van der Waals surface area contributed by atoms with Crippen LogP contribution in [0.2, 0.25) is 0 Å². The highest BCUT2D eigenvalue weighted by Gasteiger charge is 2.28. The zero-order valence-corrected chi connectivity index (χ0v) is 17.8. The smallest absolute Gasteiger partial charge is 0.344 e. The summed E-state index contributed by atoms with van der Waals surface area (Å²) in [4.78, 5) is 37.7. The number of ketones is 1. The van der Waals surface area contributed by atoms with Crippen molar-refractivity contribution in [2.75, 3.05) is 17.7 Å². The van der Waals surface area contributed by atoms with Gasteiger partial charge in [0.15, 0.2) is 5.78 Å². The van der Waals surface area contributed by atoms with E-state index in [1.54, 1.807) is 13.8 Å². The first-order chi connectivity index (χ1) is 13.1. The Bertz CT molecular complexity index is 906. The van der Waals surface area contributed by atoms with Crippen molar-refractivity contribution in [3.63, 3.8) is 0 Å². The summed E-state index contributed by atoms with van der Waals surface area (Å²) < 4.78 is 10.5. The topological polar surface area (TPSA) is 85.6 Å². The molecule has 0 fully saturated rings. The van der Waals surface area contributed by atoms with Crippen molar-refractivity contribution in [3.8, 4) is 0 Å². The third-order valence-corrected chi connectivity index (χ3v) is 5.46. The highest BCUT2D eigenvalue weighted by Crippen LogP contribution is 2.30. The van der Waals surface area contributed by atoms with Crippen molar-refractivity contribution in [1.29, 1.82) is 0 Å². The first-order valence-electron chi connectivity index (χ1n) is 8.97. The van der Waals surface area contributed by atoms with E-state index in [9.17, 15) is 14.4 Å². The first-order valence-corrected chi connectivity index (χ1v) is 9.96. The van der Waals surface area contributed by atoms with E-state index in [2.05, 4.69) is 17.4 Å². The standard InChI is InChI=1S/C21H25NO5S/c1-7-26-21(25)18-17(14(5)23)15(6)27-20(18)22-16(24)10-28-19-12(3)8-11(2)9-13(19)4/h8-9H,7,10H2,1-6H3,(H,22,24). The predicted octanol–water partition coefficient (Wildman–Crippen LogP) is 4.62. The van der Waals surface area contributed by atoms with Gasteiger partial charge in [-0.3, -0.25) is 14.9 Å². The molecule has 2 aromatic rings. The van der Waals surface area contributed by atoms with Crippen LogP contribution in [0.4, 0.5) is 5.88 Å². The van der Waals surface area contributed by atoms with E-state index >= 15 is 0 Å². The Labute approximate surface area is 169 Å². The molecule has 0 saturated heterocycles. The molecule has 0 spiro atoms. The molecule has 150 valence electrons. The second kappa shape index (κ2) is 9.10. The van der Waals surface area contributed by atoms with Crippen LogP contribution >= 0.6 is 11.8 Å². The molecule has 0 aliphatic rings. The van der Waals surface area contributed by atoms with Gasteiger partial charge in [0.2, 0.25) is 11.8 Å². The van der Waals surface area contributed by atoms with Gasteiger partial charge >= 0.3 is 5.97 Å². The first kappa shape index (κ1) is 21.8. The quantitative estimate of drug-likeness (QED) is 0.412. The van der Waals surface area contributed by atoms with Crippen LogP contribution in [0.15, 0.2) is 21.4 Å². The molecule has 0 unspecified atom stereocenters. The van der Waals surface area contributed by atoms with Gasteiger partial charge in [0.25, 0.3) is 0 Å². The number of carbonyl (C=O) groups excluding carboxylic acids is 3. The SMILES string of the molecule is CCOC(=O)c1c(NC(=O)CSc2c(C)cc(C)cc2C)oc(C)c1C(C)=O. The van der Waals surface area contributed by atoms with Gasteiger partial charge in [-0.2, -0.15) is 0 Å². The summed E-state index contributed by atoms with van der Waals surface area (Å²) in [5.41, 5.74) is 3.48. The maximum Gasteiger partial charge on any atom is 0.344 e. The van der Waals surface area contributed by atoms with Crippen molar-refractivity contribution in [2.45, 2.75) is 46.4 Å². The highest BCUT2D eigenvalue weighted by atomic mass is 32.2. The molecule has 1 aromatic heterocycles. The summed E-state index contributed by atoms with van der Waals surface area (Å²) in [6.45, 7) is 10.8. The van der Waals surface area contributed by atoms with Gasteiger partial charge in [-0.05, 0) is 52.7 Å². The van der Waals surface area contributed by atoms with E-state index in [1.165, 1.54) is 24.2 Å². The summed E-state index contributed by atoms with van der Waals surface area (Å²) in [5, 5.41) is 2.61. The minimum Gasteiger partial charge on any atom is -0.462 e. The molecule has 7 heteroatoms. The number of Topliss-reactive ketones (excluding diaryl/α,β-unsaturated/α-hetero) is 1. The molecule has 0 atom stereocenters. The van der Waals surface area contributed by atoms with Crippen LogP contribution in [0, 0.1) is 27.7 Å². The van der Waals surface area contributed by atoms with Gasteiger partial charge < -0.3 is 9.15 Å². The maximum atomic E-state index is 12.5. The summed E-state index contributed by atoms with van der Waals surface area (Å²) in [6, 6.07) is 4.14. The molecule has 2 rings (SSSR count). The molecule has 1 aromatic carbocycles. The molecule has 0 saturated carbocycles. The zero-order chi connectivity index (χ0) is 21.0. The predicted molar refractivity (Wildman–Crippen MR) is 109 cm³/mol. The fourth-order valence-corrected chi connectivity index (χ4v) is 4.07. The van der Waals surface area contributed by atoms with Gasteiger partial charge in [0.05, 0.1) is 17.9 Å². The summed E-state index contributed by atoms with van der Waals surface area (Å²) >= 11 is 1.41. The second-order valence-corrected chi connectivity index (χ2v) is 7.56. The number of hydrogen-bond acceptors (Lipinski definition) is 6. The molecule has 0 aliphatic heterocycles. The Morgan fingerprint density at radius 3 is 2.21 bits per heavy atom. The Kier molecular flexibility index (Phi) is 7.07. The highest BCUT2D eigenvalue weighted by molar-refractivity contribution is 8.00. The molecule has 1 amide bonds. The van der Waals surface area contributed by atoms with Crippen LogP contribution < -0.4 is 5.32 Å². The van der Waals surface area contributed by atoms with Crippen molar-refractivity contribution in [3.05, 3.63) is 45.7 Å². The zero-order valence-electron chi connectivity index (χ0n) is 17.0. The fraction of sp³-hybridized carbons (Fsp3) is 0.381. The average Bonchev–Trinajstić information content (AvgIpc) is 2.90. The summed E-state index contributed by atoms with van der Waals surface area (Å²) in [7, 11) is 0. The van der Waals surface area contributed by atoms with Crippen LogP contribution in [-0.2, 0) is 9.53 Å². The number of rotatable bonds is 7. The third-order valence-electron chi connectivity index (χ3n) is 4.12. The minimum absolute atomic E-state index is 0.0344. The van der Waals surface area contributed by atoms with E-state index in [0.717, 1.165) is 16.0 Å². The van der Waals surface area contributed by atoms with Gasteiger partial charge in [0.1, 0.15) is 11.3 Å². The van der Waals surface area contributed by atoms with Crippen LogP contribution in [-0.4, -0.2) is 30.0 Å². The number of aryl methyl sites for hydroxylation is 4. The fourth-order valence-electron chi connectivity index (χ4n) is 3.15.